The quantitative estimate of drug-likeness (QED) is 0.872. The minimum atomic E-state index is -0.404. The molecule has 0 spiro atoms. The van der Waals surface area contributed by atoms with Crippen LogP contribution in [-0.2, 0) is 11.2 Å². The van der Waals surface area contributed by atoms with Crippen molar-refractivity contribution in [3.63, 3.8) is 0 Å². The number of benzene rings is 1. The number of amides is 2. The van der Waals surface area contributed by atoms with E-state index in [-0.39, 0.29) is 17.7 Å². The molecule has 2 heterocycles. The normalized spacial score (nSPS) is 15.1. The molecule has 4 nitrogen and oxygen atoms in total. The fourth-order valence-electron chi connectivity index (χ4n) is 3.25. The van der Waals surface area contributed by atoms with Crippen molar-refractivity contribution in [3.05, 3.63) is 57.5 Å². The summed E-state index contributed by atoms with van der Waals surface area (Å²) < 4.78 is 13.4. The van der Waals surface area contributed by atoms with Gasteiger partial charge in [0.2, 0.25) is 5.91 Å². The molecular weight excluding hydrogens is 351 g/mol. The fraction of sp³-hybridized carbons (Fsp3) is 0.400. The average molecular weight is 374 g/mol. The minimum Gasteiger partial charge on any atom is -0.355 e. The lowest BCUT2D eigenvalue weighted by atomic mass is 9.95. The maximum Gasteiger partial charge on any atom is 0.254 e. The highest BCUT2D eigenvalue weighted by Crippen LogP contribution is 2.21. The molecule has 2 amide bonds. The van der Waals surface area contributed by atoms with Crippen molar-refractivity contribution in [3.8, 4) is 0 Å². The number of carbonyl (C=O) groups is 2. The van der Waals surface area contributed by atoms with E-state index in [0.717, 1.165) is 12.0 Å². The molecule has 0 atom stereocenters. The number of nitrogens with one attached hydrogen (secondary N) is 1. The van der Waals surface area contributed by atoms with Crippen LogP contribution in [-0.4, -0.2) is 36.3 Å². The highest BCUT2D eigenvalue weighted by Gasteiger charge is 2.28. The third-order valence-corrected chi connectivity index (χ3v) is 5.77. The molecule has 1 aromatic carbocycles. The highest BCUT2D eigenvalue weighted by atomic mass is 32.1. The number of aryl methyl sites for hydroxylation is 1. The summed E-state index contributed by atoms with van der Waals surface area (Å²) in [5, 5.41) is 5.03. The zero-order chi connectivity index (χ0) is 18.5. The van der Waals surface area contributed by atoms with Crippen LogP contribution >= 0.6 is 11.3 Å². The number of thiophene rings is 1. The van der Waals surface area contributed by atoms with E-state index in [1.807, 2.05) is 11.4 Å². The zero-order valence-electron chi connectivity index (χ0n) is 14.8. The molecular formula is C20H23FN2O2S. The van der Waals surface area contributed by atoms with Gasteiger partial charge in [-0.1, -0.05) is 12.1 Å². The standard InChI is InChI=1S/C20H23FN2O2S/c1-14-4-5-16(21)13-18(14)20(25)23-10-7-15(8-11-23)19(24)22-9-6-17-3-2-12-26-17/h2-5,12-13,15H,6-11H2,1H3,(H,22,24). The number of carbonyl (C=O) groups excluding carboxylic acids is 2. The number of hydrogen-bond donors (Lipinski definition) is 1. The van der Waals surface area contributed by atoms with E-state index in [2.05, 4.69) is 11.4 Å². The lowest BCUT2D eigenvalue weighted by Gasteiger charge is -2.31. The van der Waals surface area contributed by atoms with Crippen molar-refractivity contribution in [1.82, 2.24) is 10.2 Å². The van der Waals surface area contributed by atoms with Gasteiger partial charge >= 0.3 is 0 Å². The first-order valence-corrected chi connectivity index (χ1v) is 9.78. The van der Waals surface area contributed by atoms with Crippen molar-refractivity contribution in [2.75, 3.05) is 19.6 Å². The van der Waals surface area contributed by atoms with Crippen LogP contribution < -0.4 is 5.32 Å². The van der Waals surface area contributed by atoms with Crippen molar-refractivity contribution < 1.29 is 14.0 Å². The van der Waals surface area contributed by atoms with Crippen LogP contribution in [0, 0.1) is 18.7 Å². The molecule has 0 saturated carbocycles. The fourth-order valence-corrected chi connectivity index (χ4v) is 3.96. The molecule has 0 bridgehead atoms. The second kappa shape index (κ2) is 8.45. The molecule has 1 saturated heterocycles. The van der Waals surface area contributed by atoms with Gasteiger partial charge in [-0.3, -0.25) is 9.59 Å². The summed E-state index contributed by atoms with van der Waals surface area (Å²) >= 11 is 1.69. The number of nitrogens with zero attached hydrogens (tertiary/aromatic N) is 1. The van der Waals surface area contributed by atoms with Gasteiger partial charge in [0.1, 0.15) is 5.82 Å². The molecule has 1 aliphatic heterocycles. The first-order chi connectivity index (χ1) is 12.5. The number of hydrogen-bond acceptors (Lipinski definition) is 3. The Morgan fingerprint density at radius 3 is 2.73 bits per heavy atom. The Balaban J connectivity index is 1.48. The Morgan fingerprint density at radius 2 is 2.04 bits per heavy atom. The molecule has 3 rings (SSSR count). The first-order valence-electron chi connectivity index (χ1n) is 8.90. The van der Waals surface area contributed by atoms with Crippen LogP contribution in [0.15, 0.2) is 35.7 Å². The van der Waals surface area contributed by atoms with E-state index in [1.165, 1.54) is 17.0 Å². The summed E-state index contributed by atoms with van der Waals surface area (Å²) in [4.78, 5) is 27.9. The molecule has 138 valence electrons. The van der Waals surface area contributed by atoms with Crippen molar-refractivity contribution in [2.45, 2.75) is 26.2 Å². The number of likely N-dealkylation sites (tertiary alicyclic amines) is 1. The summed E-state index contributed by atoms with van der Waals surface area (Å²) in [6.45, 7) is 3.50. The third kappa shape index (κ3) is 4.49. The van der Waals surface area contributed by atoms with E-state index >= 15 is 0 Å². The molecule has 0 radical (unpaired) electrons. The van der Waals surface area contributed by atoms with Gasteiger partial charge in [0, 0.05) is 36.0 Å². The van der Waals surface area contributed by atoms with E-state index in [9.17, 15) is 14.0 Å². The molecule has 2 aromatic rings. The van der Waals surface area contributed by atoms with Crippen LogP contribution in [0.5, 0.6) is 0 Å². The monoisotopic (exact) mass is 374 g/mol. The van der Waals surface area contributed by atoms with Gasteiger partial charge in [0.25, 0.3) is 5.91 Å². The van der Waals surface area contributed by atoms with Gasteiger partial charge in [-0.05, 0) is 55.3 Å². The number of halogens is 1. The smallest absolute Gasteiger partial charge is 0.254 e. The second-order valence-electron chi connectivity index (χ2n) is 6.65. The van der Waals surface area contributed by atoms with Crippen LogP contribution in [0.3, 0.4) is 0 Å². The van der Waals surface area contributed by atoms with Crippen molar-refractivity contribution in [2.24, 2.45) is 5.92 Å². The van der Waals surface area contributed by atoms with Gasteiger partial charge in [-0.15, -0.1) is 11.3 Å². The first kappa shape index (κ1) is 18.6. The van der Waals surface area contributed by atoms with E-state index in [0.29, 0.717) is 38.0 Å². The molecule has 1 aromatic heterocycles. The van der Waals surface area contributed by atoms with Crippen molar-refractivity contribution >= 4 is 23.2 Å². The Kier molecular flexibility index (Phi) is 6.04. The van der Waals surface area contributed by atoms with Gasteiger partial charge in [0.05, 0.1) is 0 Å². The average Bonchev–Trinajstić information content (AvgIpc) is 3.16. The Hall–Kier alpha value is -2.21. The summed E-state index contributed by atoms with van der Waals surface area (Å²) in [5.74, 6) is -0.552. The maximum absolute atomic E-state index is 13.4. The van der Waals surface area contributed by atoms with E-state index in [4.69, 9.17) is 0 Å². The predicted molar refractivity (Wildman–Crippen MR) is 101 cm³/mol. The van der Waals surface area contributed by atoms with Crippen molar-refractivity contribution in [1.29, 1.82) is 0 Å². The maximum atomic E-state index is 13.4. The van der Waals surface area contributed by atoms with Gasteiger partial charge in [-0.2, -0.15) is 0 Å². The topological polar surface area (TPSA) is 49.4 Å². The molecule has 0 aliphatic carbocycles. The molecule has 1 aliphatic rings. The summed E-state index contributed by atoms with van der Waals surface area (Å²) in [5.41, 5.74) is 1.17. The zero-order valence-corrected chi connectivity index (χ0v) is 15.7. The third-order valence-electron chi connectivity index (χ3n) is 4.83. The van der Waals surface area contributed by atoms with Gasteiger partial charge < -0.3 is 10.2 Å². The van der Waals surface area contributed by atoms with E-state index in [1.54, 1.807) is 29.2 Å². The Morgan fingerprint density at radius 1 is 1.27 bits per heavy atom. The van der Waals surface area contributed by atoms with Crippen LogP contribution in [0.2, 0.25) is 0 Å². The number of piperidine rings is 1. The molecule has 0 unspecified atom stereocenters. The lowest BCUT2D eigenvalue weighted by molar-refractivity contribution is -0.126. The Bertz CT molecular complexity index is 768. The predicted octanol–water partition coefficient (Wildman–Crippen LogP) is 3.41. The van der Waals surface area contributed by atoms with Crippen LogP contribution in [0.25, 0.3) is 0 Å². The van der Waals surface area contributed by atoms with Gasteiger partial charge in [0.15, 0.2) is 0 Å². The molecule has 1 N–H and O–H groups in total. The second-order valence-corrected chi connectivity index (χ2v) is 7.68. The molecule has 6 heteroatoms. The SMILES string of the molecule is Cc1ccc(F)cc1C(=O)N1CCC(C(=O)NCCc2cccs2)CC1. The minimum absolute atomic E-state index is 0.0593. The molecule has 1 fully saturated rings. The summed E-state index contributed by atoms with van der Waals surface area (Å²) in [6.07, 6.45) is 2.13. The van der Waals surface area contributed by atoms with Crippen LogP contribution in [0.1, 0.15) is 33.6 Å². The number of rotatable bonds is 5. The largest absolute Gasteiger partial charge is 0.355 e. The Labute approximate surface area is 157 Å². The highest BCUT2D eigenvalue weighted by molar-refractivity contribution is 7.09. The van der Waals surface area contributed by atoms with Gasteiger partial charge in [-0.25, -0.2) is 4.39 Å². The van der Waals surface area contributed by atoms with Crippen LogP contribution in [0.4, 0.5) is 4.39 Å². The summed E-state index contributed by atoms with van der Waals surface area (Å²) in [6, 6.07) is 8.35. The summed E-state index contributed by atoms with van der Waals surface area (Å²) in [7, 11) is 0. The molecule has 26 heavy (non-hydrogen) atoms. The lowest BCUT2D eigenvalue weighted by Crippen LogP contribution is -2.43. The van der Waals surface area contributed by atoms with E-state index < -0.39 is 5.82 Å².